The van der Waals surface area contributed by atoms with Crippen LogP contribution < -0.4 is 15.8 Å². The molecule has 118 valence electrons. The number of thiophene rings is 1. The van der Waals surface area contributed by atoms with E-state index in [1.165, 1.54) is 24.2 Å². The third kappa shape index (κ3) is 3.90. The number of ketones is 1. The van der Waals surface area contributed by atoms with E-state index in [4.69, 9.17) is 10.5 Å². The second kappa shape index (κ2) is 6.69. The number of hydrogen-bond acceptors (Lipinski definition) is 5. The van der Waals surface area contributed by atoms with Crippen molar-refractivity contribution in [3.63, 3.8) is 0 Å². The van der Waals surface area contributed by atoms with Crippen LogP contribution in [-0.4, -0.2) is 17.9 Å². The Morgan fingerprint density at radius 2 is 1.95 bits per heavy atom. The Hall–Kier alpha value is -1.23. The normalized spacial score (nSPS) is 22.3. The largest absolute Gasteiger partial charge is 0.486 e. The number of anilines is 2. The molecule has 5 heteroatoms. The number of nitrogen functional groups attached to an aromatic ring is 1. The number of carbonyl (C=O) groups excluding carboxylic acids is 1. The van der Waals surface area contributed by atoms with E-state index in [0.29, 0.717) is 22.4 Å². The minimum atomic E-state index is -0.00331. The van der Waals surface area contributed by atoms with Gasteiger partial charge in [0, 0.05) is 13.0 Å². The van der Waals surface area contributed by atoms with Gasteiger partial charge in [0.1, 0.15) is 5.00 Å². The zero-order valence-electron chi connectivity index (χ0n) is 13.4. The summed E-state index contributed by atoms with van der Waals surface area (Å²) >= 11 is 1.42. The van der Waals surface area contributed by atoms with Crippen molar-refractivity contribution < 1.29 is 9.53 Å². The number of hydrogen-bond donors (Lipinski definition) is 2. The predicted molar refractivity (Wildman–Crippen MR) is 89.5 cm³/mol. The van der Waals surface area contributed by atoms with Gasteiger partial charge in [-0.25, -0.2) is 0 Å². The number of nitrogens with one attached hydrogen (secondary N) is 1. The Morgan fingerprint density at radius 3 is 2.48 bits per heavy atom. The van der Waals surface area contributed by atoms with Gasteiger partial charge in [-0.2, -0.15) is 0 Å². The van der Waals surface area contributed by atoms with Crippen LogP contribution >= 0.6 is 11.3 Å². The van der Waals surface area contributed by atoms with Gasteiger partial charge in [0.25, 0.3) is 0 Å². The van der Waals surface area contributed by atoms with Crippen LogP contribution in [0.25, 0.3) is 0 Å². The Balaban J connectivity index is 2.20. The maximum absolute atomic E-state index is 11.7. The number of ether oxygens (including phenoxy) is 1. The van der Waals surface area contributed by atoms with Crippen LogP contribution in [0.2, 0.25) is 0 Å². The molecule has 0 aliphatic heterocycles. The van der Waals surface area contributed by atoms with Gasteiger partial charge in [-0.3, -0.25) is 4.79 Å². The smallest absolute Gasteiger partial charge is 0.177 e. The lowest BCUT2D eigenvalue weighted by atomic mass is 9.87. The van der Waals surface area contributed by atoms with Crippen LogP contribution in [0.15, 0.2) is 0 Å². The molecule has 0 bridgehead atoms. The molecular formula is C16H26N2O2S. The molecule has 1 fully saturated rings. The fraction of sp³-hybridized carbons (Fsp3) is 0.688. The Labute approximate surface area is 131 Å². The molecule has 0 saturated heterocycles. The molecule has 1 aromatic heterocycles. The molecule has 4 nitrogen and oxygen atoms in total. The summed E-state index contributed by atoms with van der Waals surface area (Å²) < 4.78 is 5.84. The summed E-state index contributed by atoms with van der Waals surface area (Å²) in [4.78, 5) is 12.3. The monoisotopic (exact) mass is 310 g/mol. The molecule has 0 amide bonds. The van der Waals surface area contributed by atoms with E-state index in [1.54, 1.807) is 6.92 Å². The van der Waals surface area contributed by atoms with Crippen LogP contribution in [0.1, 0.15) is 63.0 Å². The minimum absolute atomic E-state index is 0.00331. The summed E-state index contributed by atoms with van der Waals surface area (Å²) in [5, 5.41) is 4.46. The molecule has 0 spiro atoms. The molecule has 2 rings (SSSR count). The number of Topliss-reactive ketones (excluding diaryl/α,β-unsaturated/α-hetero) is 1. The third-order valence-electron chi connectivity index (χ3n) is 3.92. The van der Waals surface area contributed by atoms with Crippen LogP contribution in [0.4, 0.5) is 10.7 Å². The summed E-state index contributed by atoms with van der Waals surface area (Å²) in [5.41, 5.74) is 6.58. The zero-order valence-corrected chi connectivity index (χ0v) is 14.2. The molecule has 0 radical (unpaired) electrons. The summed E-state index contributed by atoms with van der Waals surface area (Å²) in [6.45, 7) is 7.79. The quantitative estimate of drug-likeness (QED) is 0.795. The maximum Gasteiger partial charge on any atom is 0.177 e. The van der Waals surface area contributed by atoms with Crippen molar-refractivity contribution in [3.8, 4) is 5.75 Å². The van der Waals surface area contributed by atoms with Gasteiger partial charge in [-0.1, -0.05) is 6.92 Å². The van der Waals surface area contributed by atoms with Crippen LogP contribution in [0, 0.1) is 5.92 Å². The highest BCUT2D eigenvalue weighted by atomic mass is 32.1. The summed E-state index contributed by atoms with van der Waals surface area (Å²) in [6, 6.07) is 0.452. The van der Waals surface area contributed by atoms with Crippen molar-refractivity contribution in [2.24, 2.45) is 5.92 Å². The lowest BCUT2D eigenvalue weighted by Gasteiger charge is -2.27. The van der Waals surface area contributed by atoms with E-state index < -0.39 is 0 Å². The first-order valence-electron chi connectivity index (χ1n) is 7.74. The second-order valence-electron chi connectivity index (χ2n) is 6.33. The Bertz CT molecular complexity index is 503. The molecule has 1 aliphatic carbocycles. The molecule has 21 heavy (non-hydrogen) atoms. The molecule has 1 heterocycles. The van der Waals surface area contributed by atoms with E-state index in [9.17, 15) is 4.79 Å². The summed E-state index contributed by atoms with van der Waals surface area (Å²) in [5.74, 6) is 1.46. The van der Waals surface area contributed by atoms with Gasteiger partial charge in [-0.05, 0) is 45.4 Å². The maximum atomic E-state index is 11.7. The van der Waals surface area contributed by atoms with Crippen molar-refractivity contribution in [2.75, 3.05) is 11.1 Å². The average Bonchev–Trinajstić information content (AvgIpc) is 2.70. The van der Waals surface area contributed by atoms with Gasteiger partial charge in [0.05, 0.1) is 16.7 Å². The van der Waals surface area contributed by atoms with Crippen molar-refractivity contribution in [1.29, 1.82) is 0 Å². The van der Waals surface area contributed by atoms with Gasteiger partial charge in [-0.15, -0.1) is 11.3 Å². The lowest BCUT2D eigenvalue weighted by molar-refractivity contribution is 0.102. The van der Waals surface area contributed by atoms with Gasteiger partial charge in [0.2, 0.25) is 0 Å². The van der Waals surface area contributed by atoms with Gasteiger partial charge < -0.3 is 15.8 Å². The zero-order chi connectivity index (χ0) is 15.6. The van der Waals surface area contributed by atoms with Crippen LogP contribution in [0.5, 0.6) is 5.75 Å². The highest BCUT2D eigenvalue weighted by molar-refractivity contribution is 7.19. The Kier molecular flexibility index (Phi) is 5.14. The molecule has 0 aromatic carbocycles. The number of nitrogens with two attached hydrogens (primary N) is 1. The first kappa shape index (κ1) is 16.1. The predicted octanol–water partition coefficient (Wildman–Crippen LogP) is 4.31. The highest BCUT2D eigenvalue weighted by Crippen LogP contribution is 2.44. The van der Waals surface area contributed by atoms with Crippen molar-refractivity contribution >= 4 is 27.8 Å². The summed E-state index contributed by atoms with van der Waals surface area (Å²) in [7, 11) is 0. The van der Waals surface area contributed by atoms with Crippen molar-refractivity contribution in [1.82, 2.24) is 0 Å². The SMILES string of the molecule is CC(=O)c1sc(NC2CCC(C)CC2)c(OC(C)C)c1N. The van der Waals surface area contributed by atoms with Gasteiger partial charge in [0.15, 0.2) is 11.5 Å². The first-order valence-corrected chi connectivity index (χ1v) is 8.56. The van der Waals surface area contributed by atoms with Gasteiger partial charge >= 0.3 is 0 Å². The topological polar surface area (TPSA) is 64.3 Å². The number of rotatable bonds is 5. The molecule has 0 atom stereocenters. The molecule has 0 unspecified atom stereocenters. The van der Waals surface area contributed by atoms with Crippen molar-refractivity contribution in [2.45, 2.75) is 65.5 Å². The first-order chi connectivity index (χ1) is 9.88. The van der Waals surface area contributed by atoms with E-state index >= 15 is 0 Å². The minimum Gasteiger partial charge on any atom is -0.486 e. The molecule has 1 aromatic rings. The Morgan fingerprint density at radius 1 is 1.33 bits per heavy atom. The van der Waals surface area contributed by atoms with E-state index in [1.807, 2.05) is 13.8 Å². The lowest BCUT2D eigenvalue weighted by Crippen LogP contribution is -2.25. The molecule has 1 saturated carbocycles. The molecule has 3 N–H and O–H groups in total. The average molecular weight is 310 g/mol. The molecule has 1 aliphatic rings. The van der Waals surface area contributed by atoms with Crippen LogP contribution in [0.3, 0.4) is 0 Å². The second-order valence-corrected chi connectivity index (χ2v) is 7.35. The highest BCUT2D eigenvalue weighted by Gasteiger charge is 2.24. The van der Waals surface area contributed by atoms with Crippen molar-refractivity contribution in [3.05, 3.63) is 4.88 Å². The fourth-order valence-electron chi connectivity index (χ4n) is 2.73. The van der Waals surface area contributed by atoms with Crippen LogP contribution in [-0.2, 0) is 0 Å². The van der Waals surface area contributed by atoms with E-state index in [2.05, 4.69) is 12.2 Å². The van der Waals surface area contributed by atoms with E-state index in [-0.39, 0.29) is 11.9 Å². The van der Waals surface area contributed by atoms with E-state index in [0.717, 1.165) is 23.8 Å². The molecular weight excluding hydrogens is 284 g/mol. The third-order valence-corrected chi connectivity index (χ3v) is 5.14. The standard InChI is InChI=1S/C16H26N2O2S/c1-9(2)20-14-13(17)15(11(4)19)21-16(14)18-12-7-5-10(3)6-8-12/h9-10,12,18H,5-8,17H2,1-4H3. The number of carbonyl (C=O) groups is 1. The summed E-state index contributed by atoms with van der Waals surface area (Å²) in [6.07, 6.45) is 4.86. The fourth-order valence-corrected chi connectivity index (χ4v) is 3.75.